The van der Waals surface area contributed by atoms with E-state index in [-0.39, 0.29) is 0 Å². The first kappa shape index (κ1) is 12.1. The van der Waals surface area contributed by atoms with Gasteiger partial charge in [0.25, 0.3) is 0 Å². The van der Waals surface area contributed by atoms with E-state index in [1.54, 1.807) is 0 Å². The number of nitrogens with zero attached hydrogens (tertiary/aromatic N) is 3. The summed E-state index contributed by atoms with van der Waals surface area (Å²) in [7, 11) is 2.14. The fraction of sp³-hybridized carbons (Fsp3) is 0.500. The Morgan fingerprint density at radius 2 is 2.00 bits per heavy atom. The fourth-order valence-corrected chi connectivity index (χ4v) is 2.11. The lowest BCUT2D eigenvalue weighted by molar-refractivity contribution is 0.344. The molecule has 0 unspecified atom stereocenters. The van der Waals surface area contributed by atoms with Crippen molar-refractivity contribution in [3.63, 3.8) is 0 Å². The van der Waals surface area contributed by atoms with E-state index in [2.05, 4.69) is 54.5 Å². The number of hydrogen-bond donors (Lipinski definition) is 0. The maximum absolute atomic E-state index is 4.48. The summed E-state index contributed by atoms with van der Waals surface area (Å²) in [6.07, 6.45) is 3.02. The Balaban J connectivity index is 2.44. The van der Waals surface area contributed by atoms with Crippen LogP contribution < -0.4 is 0 Å². The van der Waals surface area contributed by atoms with E-state index >= 15 is 0 Å². The Hall–Kier alpha value is -1.35. The van der Waals surface area contributed by atoms with Crippen LogP contribution in [0.15, 0.2) is 18.3 Å². The van der Waals surface area contributed by atoms with Gasteiger partial charge in [0.2, 0.25) is 0 Å². The minimum absolute atomic E-state index is 0.986. The van der Waals surface area contributed by atoms with Crippen LogP contribution in [0.3, 0.4) is 0 Å². The van der Waals surface area contributed by atoms with Crippen molar-refractivity contribution in [2.24, 2.45) is 0 Å². The molecule has 0 aromatic carbocycles. The summed E-state index contributed by atoms with van der Waals surface area (Å²) in [5, 5.41) is 4.48. The van der Waals surface area contributed by atoms with Gasteiger partial charge in [0.15, 0.2) is 0 Å². The molecular weight excluding hydrogens is 210 g/mol. The molecule has 0 atom stereocenters. The van der Waals surface area contributed by atoms with E-state index < -0.39 is 0 Å². The van der Waals surface area contributed by atoms with Crippen LogP contribution in [0, 0.1) is 6.92 Å². The molecule has 2 heterocycles. The maximum atomic E-state index is 4.48. The van der Waals surface area contributed by atoms with E-state index in [0.29, 0.717) is 0 Å². The minimum Gasteiger partial charge on any atom is -0.302 e. The quantitative estimate of drug-likeness (QED) is 0.806. The molecule has 2 rings (SSSR count). The first-order chi connectivity index (χ1) is 8.17. The van der Waals surface area contributed by atoms with Gasteiger partial charge in [-0.25, -0.2) is 4.52 Å². The monoisotopic (exact) mass is 231 g/mol. The molecule has 0 saturated carbocycles. The van der Waals surface area contributed by atoms with Gasteiger partial charge in [-0.2, -0.15) is 5.10 Å². The zero-order chi connectivity index (χ0) is 12.4. The van der Waals surface area contributed by atoms with Gasteiger partial charge in [-0.05, 0) is 44.1 Å². The standard InChI is InChI=1S/C14H21N3/c1-5-12-9-15-17-11(3)13(7-8-14(12)17)10-16(4)6-2/h7-9H,5-6,10H2,1-4H3. The van der Waals surface area contributed by atoms with E-state index in [1.807, 2.05) is 6.20 Å². The van der Waals surface area contributed by atoms with Crippen LogP contribution in [0.4, 0.5) is 0 Å². The highest BCUT2D eigenvalue weighted by Crippen LogP contribution is 2.17. The number of hydrogen-bond acceptors (Lipinski definition) is 2. The summed E-state index contributed by atoms with van der Waals surface area (Å²) in [6, 6.07) is 4.43. The van der Waals surface area contributed by atoms with Crippen molar-refractivity contribution in [1.29, 1.82) is 0 Å². The van der Waals surface area contributed by atoms with Gasteiger partial charge >= 0.3 is 0 Å². The molecule has 2 aromatic rings. The first-order valence-electron chi connectivity index (χ1n) is 6.31. The molecule has 0 aliphatic rings. The molecule has 92 valence electrons. The van der Waals surface area contributed by atoms with Crippen molar-refractivity contribution in [1.82, 2.24) is 14.5 Å². The second-order valence-electron chi connectivity index (χ2n) is 4.59. The molecule has 3 heteroatoms. The molecule has 0 bridgehead atoms. The highest BCUT2D eigenvalue weighted by molar-refractivity contribution is 5.55. The SMILES string of the molecule is CCc1cnn2c(C)c(CN(C)CC)ccc12. The molecule has 3 nitrogen and oxygen atoms in total. The Labute approximate surface area is 103 Å². The first-order valence-corrected chi connectivity index (χ1v) is 6.31. The van der Waals surface area contributed by atoms with Gasteiger partial charge < -0.3 is 4.90 Å². The third kappa shape index (κ3) is 2.20. The van der Waals surface area contributed by atoms with E-state index in [0.717, 1.165) is 19.5 Å². The third-order valence-corrected chi connectivity index (χ3v) is 3.47. The van der Waals surface area contributed by atoms with Gasteiger partial charge in [0.05, 0.1) is 11.7 Å². The van der Waals surface area contributed by atoms with Crippen LogP contribution in [-0.4, -0.2) is 28.1 Å². The van der Waals surface area contributed by atoms with Gasteiger partial charge in [-0.3, -0.25) is 0 Å². The zero-order valence-electron chi connectivity index (χ0n) is 11.2. The Morgan fingerprint density at radius 3 is 2.65 bits per heavy atom. The number of aromatic nitrogens is 2. The lowest BCUT2D eigenvalue weighted by atomic mass is 10.1. The summed E-state index contributed by atoms with van der Waals surface area (Å²) in [5.74, 6) is 0. The second kappa shape index (κ2) is 4.88. The van der Waals surface area contributed by atoms with Crippen molar-refractivity contribution in [3.8, 4) is 0 Å². The smallest absolute Gasteiger partial charge is 0.0696 e. The van der Waals surface area contributed by atoms with Crippen molar-refractivity contribution >= 4 is 5.52 Å². The summed E-state index contributed by atoms with van der Waals surface area (Å²) >= 11 is 0. The lowest BCUT2D eigenvalue weighted by Gasteiger charge is -2.16. The Kier molecular flexibility index (Phi) is 3.48. The number of aryl methyl sites for hydroxylation is 2. The lowest BCUT2D eigenvalue weighted by Crippen LogP contribution is -2.18. The second-order valence-corrected chi connectivity index (χ2v) is 4.59. The van der Waals surface area contributed by atoms with Crippen LogP contribution in [0.25, 0.3) is 5.52 Å². The topological polar surface area (TPSA) is 20.5 Å². The van der Waals surface area contributed by atoms with Crippen LogP contribution in [-0.2, 0) is 13.0 Å². The normalized spacial score (nSPS) is 11.6. The molecule has 0 N–H and O–H groups in total. The van der Waals surface area contributed by atoms with Gasteiger partial charge in [-0.15, -0.1) is 0 Å². The van der Waals surface area contributed by atoms with Crippen LogP contribution in [0.5, 0.6) is 0 Å². The predicted octanol–water partition coefficient (Wildman–Crippen LogP) is 2.66. The highest BCUT2D eigenvalue weighted by atomic mass is 15.2. The summed E-state index contributed by atoms with van der Waals surface area (Å²) < 4.78 is 2.07. The fourth-order valence-electron chi connectivity index (χ4n) is 2.11. The van der Waals surface area contributed by atoms with E-state index in [9.17, 15) is 0 Å². The van der Waals surface area contributed by atoms with Gasteiger partial charge in [-0.1, -0.05) is 19.9 Å². The predicted molar refractivity (Wildman–Crippen MR) is 71.3 cm³/mol. The van der Waals surface area contributed by atoms with E-state index in [1.165, 1.54) is 22.3 Å². The van der Waals surface area contributed by atoms with Gasteiger partial charge in [0, 0.05) is 12.2 Å². The zero-order valence-corrected chi connectivity index (χ0v) is 11.2. The van der Waals surface area contributed by atoms with Crippen LogP contribution in [0.1, 0.15) is 30.7 Å². The summed E-state index contributed by atoms with van der Waals surface area (Å²) in [6.45, 7) is 8.55. The molecule has 0 aliphatic heterocycles. The van der Waals surface area contributed by atoms with Crippen LogP contribution >= 0.6 is 0 Å². The maximum Gasteiger partial charge on any atom is 0.0696 e. The van der Waals surface area contributed by atoms with E-state index in [4.69, 9.17) is 0 Å². The van der Waals surface area contributed by atoms with Crippen LogP contribution in [0.2, 0.25) is 0 Å². The largest absolute Gasteiger partial charge is 0.302 e. The number of rotatable bonds is 4. The molecule has 0 aliphatic carbocycles. The average molecular weight is 231 g/mol. The van der Waals surface area contributed by atoms with Crippen molar-refractivity contribution in [2.45, 2.75) is 33.7 Å². The Morgan fingerprint density at radius 1 is 1.24 bits per heavy atom. The molecule has 0 saturated heterocycles. The molecule has 2 aromatic heterocycles. The number of pyridine rings is 1. The molecule has 0 amide bonds. The summed E-state index contributed by atoms with van der Waals surface area (Å²) in [4.78, 5) is 2.30. The average Bonchev–Trinajstić information content (AvgIpc) is 2.76. The van der Waals surface area contributed by atoms with Crippen molar-refractivity contribution < 1.29 is 0 Å². The highest BCUT2D eigenvalue weighted by Gasteiger charge is 2.08. The molecular formula is C14H21N3. The molecule has 17 heavy (non-hydrogen) atoms. The molecule has 0 spiro atoms. The third-order valence-electron chi connectivity index (χ3n) is 3.47. The minimum atomic E-state index is 0.986. The summed E-state index contributed by atoms with van der Waals surface area (Å²) in [5.41, 5.74) is 5.17. The van der Waals surface area contributed by atoms with Crippen molar-refractivity contribution in [2.75, 3.05) is 13.6 Å². The van der Waals surface area contributed by atoms with Gasteiger partial charge in [0.1, 0.15) is 0 Å². The molecule has 0 radical (unpaired) electrons. The molecule has 0 fully saturated rings. The Bertz CT molecular complexity index is 513. The number of fused-ring (bicyclic) bond motifs is 1. The van der Waals surface area contributed by atoms with Crippen molar-refractivity contribution in [3.05, 3.63) is 35.2 Å².